The monoisotopic (exact) mass is 358 g/mol. The van der Waals surface area contributed by atoms with Gasteiger partial charge >= 0.3 is 5.97 Å². The van der Waals surface area contributed by atoms with Crippen LogP contribution < -0.4 is 5.32 Å². The first-order valence-electron chi connectivity index (χ1n) is 8.26. The summed E-state index contributed by atoms with van der Waals surface area (Å²) < 4.78 is 5.22. The van der Waals surface area contributed by atoms with Crippen molar-refractivity contribution in [1.82, 2.24) is 4.98 Å². The molecule has 1 amide bonds. The third kappa shape index (κ3) is 3.51. The van der Waals surface area contributed by atoms with E-state index in [9.17, 15) is 9.59 Å². The Balaban J connectivity index is 1.74. The van der Waals surface area contributed by atoms with Crippen molar-refractivity contribution in [2.75, 3.05) is 11.9 Å². The summed E-state index contributed by atoms with van der Waals surface area (Å²) in [5.41, 5.74) is 0.705. The van der Waals surface area contributed by atoms with Crippen LogP contribution in [0.15, 0.2) is 42.6 Å². The third-order valence-electron chi connectivity index (χ3n) is 4.52. The van der Waals surface area contributed by atoms with Gasteiger partial charge in [0, 0.05) is 16.8 Å². The number of pyridine rings is 1. The fourth-order valence-electron chi connectivity index (χ4n) is 2.98. The molecule has 1 aromatic carbocycles. The summed E-state index contributed by atoms with van der Waals surface area (Å²) in [6, 6.07) is 10.2. The Labute approximate surface area is 151 Å². The number of aromatic nitrogens is 1. The fraction of sp³-hybridized carbons (Fsp3) is 0.316. The molecule has 1 saturated carbocycles. The summed E-state index contributed by atoms with van der Waals surface area (Å²) in [5, 5.41) is 3.23. The minimum atomic E-state index is -0.585. The SMILES string of the molecule is CCOC(=O)C1(c2ccc(NC(=O)c3cccc(Cl)c3)nc2)CCC1. The number of nitrogens with one attached hydrogen (secondary N) is 1. The van der Waals surface area contributed by atoms with Gasteiger partial charge < -0.3 is 10.1 Å². The molecule has 1 aromatic heterocycles. The maximum Gasteiger partial charge on any atom is 0.316 e. The van der Waals surface area contributed by atoms with Crippen molar-refractivity contribution in [2.24, 2.45) is 0 Å². The van der Waals surface area contributed by atoms with Gasteiger partial charge in [0.1, 0.15) is 5.82 Å². The largest absolute Gasteiger partial charge is 0.465 e. The van der Waals surface area contributed by atoms with Gasteiger partial charge in [0.05, 0.1) is 12.0 Å². The molecule has 25 heavy (non-hydrogen) atoms. The number of rotatable bonds is 5. The van der Waals surface area contributed by atoms with Crippen molar-refractivity contribution >= 4 is 29.3 Å². The lowest BCUT2D eigenvalue weighted by Gasteiger charge is -2.39. The Hall–Kier alpha value is -2.40. The molecular weight excluding hydrogens is 340 g/mol. The normalized spacial score (nSPS) is 15.1. The summed E-state index contributed by atoms with van der Waals surface area (Å²) >= 11 is 5.90. The zero-order valence-electron chi connectivity index (χ0n) is 13.9. The maximum absolute atomic E-state index is 12.3. The zero-order valence-corrected chi connectivity index (χ0v) is 14.7. The predicted molar refractivity (Wildman–Crippen MR) is 95.8 cm³/mol. The number of amides is 1. The van der Waals surface area contributed by atoms with E-state index in [0.717, 1.165) is 24.8 Å². The Bertz CT molecular complexity index is 786. The summed E-state index contributed by atoms with van der Waals surface area (Å²) in [5.74, 6) is -0.0580. The summed E-state index contributed by atoms with van der Waals surface area (Å²) in [7, 11) is 0. The highest BCUT2D eigenvalue weighted by Gasteiger charge is 2.47. The van der Waals surface area contributed by atoms with E-state index in [0.29, 0.717) is 23.0 Å². The maximum atomic E-state index is 12.3. The van der Waals surface area contributed by atoms with Gasteiger partial charge in [0.25, 0.3) is 5.91 Å². The molecule has 1 aliphatic rings. The molecule has 0 spiro atoms. The Morgan fingerprint density at radius 3 is 2.64 bits per heavy atom. The molecule has 5 nitrogen and oxygen atoms in total. The summed E-state index contributed by atoms with van der Waals surface area (Å²) in [4.78, 5) is 28.8. The van der Waals surface area contributed by atoms with Gasteiger partial charge in [-0.15, -0.1) is 0 Å². The number of esters is 1. The van der Waals surface area contributed by atoms with E-state index < -0.39 is 5.41 Å². The number of nitrogens with zero attached hydrogens (tertiary/aromatic N) is 1. The van der Waals surface area contributed by atoms with E-state index in [4.69, 9.17) is 16.3 Å². The van der Waals surface area contributed by atoms with Crippen molar-refractivity contribution in [2.45, 2.75) is 31.6 Å². The highest BCUT2D eigenvalue weighted by atomic mass is 35.5. The molecule has 0 aliphatic heterocycles. The quantitative estimate of drug-likeness (QED) is 0.821. The molecule has 0 bridgehead atoms. The smallest absolute Gasteiger partial charge is 0.316 e. The van der Waals surface area contributed by atoms with Crippen LogP contribution in [0, 0.1) is 0 Å². The van der Waals surface area contributed by atoms with Crippen LogP contribution in [-0.2, 0) is 14.9 Å². The number of halogens is 1. The highest BCUT2D eigenvalue weighted by molar-refractivity contribution is 6.31. The Kier molecular flexibility index (Phi) is 5.04. The number of ether oxygens (including phenoxy) is 1. The molecule has 1 fully saturated rings. The minimum absolute atomic E-state index is 0.196. The average Bonchev–Trinajstić information content (AvgIpc) is 2.55. The molecule has 0 atom stereocenters. The van der Waals surface area contributed by atoms with E-state index in [-0.39, 0.29) is 11.9 Å². The molecule has 0 unspecified atom stereocenters. The standard InChI is InChI=1S/C19H19ClN2O3/c1-2-25-18(24)19(9-4-10-19)14-7-8-16(21-12-14)22-17(23)13-5-3-6-15(20)11-13/h3,5-8,11-12H,2,4,9-10H2,1H3,(H,21,22,23). The Morgan fingerprint density at radius 2 is 2.08 bits per heavy atom. The molecule has 1 heterocycles. The van der Waals surface area contributed by atoms with Crippen LogP contribution >= 0.6 is 11.6 Å². The van der Waals surface area contributed by atoms with Crippen molar-refractivity contribution in [3.8, 4) is 0 Å². The number of hydrogen-bond donors (Lipinski definition) is 1. The first kappa shape index (κ1) is 17.4. The van der Waals surface area contributed by atoms with Gasteiger partial charge in [0.15, 0.2) is 0 Å². The van der Waals surface area contributed by atoms with Gasteiger partial charge in [-0.25, -0.2) is 4.98 Å². The fourth-order valence-corrected chi connectivity index (χ4v) is 3.17. The molecule has 6 heteroatoms. The predicted octanol–water partition coefficient (Wildman–Crippen LogP) is 3.97. The first-order chi connectivity index (χ1) is 12.0. The second kappa shape index (κ2) is 7.23. The van der Waals surface area contributed by atoms with E-state index >= 15 is 0 Å². The van der Waals surface area contributed by atoms with Gasteiger partial charge in [-0.2, -0.15) is 0 Å². The van der Waals surface area contributed by atoms with Crippen LogP contribution in [0.25, 0.3) is 0 Å². The van der Waals surface area contributed by atoms with E-state index in [2.05, 4.69) is 10.3 Å². The van der Waals surface area contributed by atoms with E-state index in [1.165, 1.54) is 0 Å². The van der Waals surface area contributed by atoms with Crippen molar-refractivity contribution in [1.29, 1.82) is 0 Å². The molecule has 0 radical (unpaired) electrons. The lowest BCUT2D eigenvalue weighted by Crippen LogP contribution is -2.43. The first-order valence-corrected chi connectivity index (χ1v) is 8.63. The second-order valence-electron chi connectivity index (χ2n) is 6.05. The Morgan fingerprint density at radius 1 is 1.28 bits per heavy atom. The minimum Gasteiger partial charge on any atom is -0.465 e. The molecule has 130 valence electrons. The van der Waals surface area contributed by atoms with Gasteiger partial charge in [-0.3, -0.25) is 9.59 Å². The number of carbonyl (C=O) groups is 2. The summed E-state index contributed by atoms with van der Waals surface area (Å²) in [6.45, 7) is 2.17. The molecular formula is C19H19ClN2O3. The second-order valence-corrected chi connectivity index (χ2v) is 6.49. The molecule has 3 rings (SSSR count). The third-order valence-corrected chi connectivity index (χ3v) is 4.75. The zero-order chi connectivity index (χ0) is 17.9. The average molecular weight is 359 g/mol. The lowest BCUT2D eigenvalue weighted by molar-refractivity contribution is -0.153. The van der Waals surface area contributed by atoms with Crippen LogP contribution in [-0.4, -0.2) is 23.5 Å². The van der Waals surface area contributed by atoms with Crippen LogP contribution in [0.1, 0.15) is 42.1 Å². The molecule has 2 aromatic rings. The molecule has 1 N–H and O–H groups in total. The number of hydrogen-bond acceptors (Lipinski definition) is 4. The number of anilines is 1. The number of carbonyl (C=O) groups excluding carboxylic acids is 2. The van der Waals surface area contributed by atoms with Gasteiger partial charge in [-0.1, -0.05) is 30.2 Å². The van der Waals surface area contributed by atoms with Crippen LogP contribution in [0.3, 0.4) is 0 Å². The number of benzene rings is 1. The summed E-state index contributed by atoms with van der Waals surface area (Å²) in [6.07, 6.45) is 4.17. The molecule has 1 aliphatic carbocycles. The van der Waals surface area contributed by atoms with Crippen LogP contribution in [0.5, 0.6) is 0 Å². The van der Waals surface area contributed by atoms with Crippen LogP contribution in [0.2, 0.25) is 5.02 Å². The van der Waals surface area contributed by atoms with Crippen molar-refractivity contribution in [3.63, 3.8) is 0 Å². The van der Waals surface area contributed by atoms with Gasteiger partial charge in [0.2, 0.25) is 0 Å². The van der Waals surface area contributed by atoms with Crippen molar-refractivity contribution < 1.29 is 14.3 Å². The topological polar surface area (TPSA) is 68.3 Å². The molecule has 0 saturated heterocycles. The lowest BCUT2D eigenvalue weighted by atomic mass is 9.65. The van der Waals surface area contributed by atoms with Crippen molar-refractivity contribution in [3.05, 3.63) is 58.7 Å². The van der Waals surface area contributed by atoms with E-state index in [1.54, 1.807) is 43.5 Å². The van der Waals surface area contributed by atoms with Crippen LogP contribution in [0.4, 0.5) is 5.82 Å². The highest BCUT2D eigenvalue weighted by Crippen LogP contribution is 2.44. The van der Waals surface area contributed by atoms with Gasteiger partial charge in [-0.05, 0) is 49.6 Å². The van der Waals surface area contributed by atoms with E-state index in [1.807, 2.05) is 6.07 Å².